The lowest BCUT2D eigenvalue weighted by Crippen LogP contribution is -2.53. The number of rotatable bonds is 4. The van der Waals surface area contributed by atoms with Gasteiger partial charge in [0.05, 0.1) is 0 Å². The zero-order valence-corrected chi connectivity index (χ0v) is 18.7. The molecule has 4 aliphatic carbocycles. The minimum Gasteiger partial charge on any atom is -0.299 e. The third kappa shape index (κ3) is 3.05. The van der Waals surface area contributed by atoms with E-state index in [4.69, 9.17) is 0 Å². The molecule has 0 spiro atoms. The van der Waals surface area contributed by atoms with Crippen LogP contribution in [0.1, 0.15) is 92.4 Å². The monoisotopic (exact) mass is 384 g/mol. The molecule has 2 heteroatoms. The maximum Gasteiger partial charge on any atom is 0.159 e. The van der Waals surface area contributed by atoms with Gasteiger partial charge in [-0.1, -0.05) is 53.0 Å². The van der Waals surface area contributed by atoms with Gasteiger partial charge in [0, 0.05) is 18.8 Å². The van der Waals surface area contributed by atoms with E-state index in [9.17, 15) is 9.59 Å². The first-order chi connectivity index (χ1) is 13.2. The van der Waals surface area contributed by atoms with E-state index in [-0.39, 0.29) is 11.3 Å². The Morgan fingerprint density at radius 3 is 2.46 bits per heavy atom. The van der Waals surface area contributed by atoms with E-state index in [1.807, 2.05) is 6.08 Å². The van der Waals surface area contributed by atoms with E-state index in [0.29, 0.717) is 41.7 Å². The normalized spacial score (nSPS) is 44.0. The number of hydrogen-bond donors (Lipinski definition) is 0. The zero-order valence-electron chi connectivity index (χ0n) is 18.7. The second-order valence-corrected chi connectivity index (χ2v) is 11.6. The first kappa shape index (κ1) is 20.4. The summed E-state index contributed by atoms with van der Waals surface area (Å²) in [6, 6.07) is 0. The van der Waals surface area contributed by atoms with Gasteiger partial charge in [-0.2, -0.15) is 0 Å². The Labute approximate surface area is 171 Å². The molecule has 0 heterocycles. The van der Waals surface area contributed by atoms with Gasteiger partial charge in [0.1, 0.15) is 5.78 Å². The molecule has 0 aromatic carbocycles. The minimum atomic E-state index is 0.0924. The van der Waals surface area contributed by atoms with Crippen molar-refractivity contribution in [3.05, 3.63) is 11.6 Å². The predicted octanol–water partition coefficient (Wildman–Crippen LogP) is 6.39. The topological polar surface area (TPSA) is 34.1 Å². The van der Waals surface area contributed by atoms with Gasteiger partial charge in [-0.15, -0.1) is 0 Å². The Morgan fingerprint density at radius 1 is 1.00 bits per heavy atom. The Balaban J connectivity index is 1.60. The van der Waals surface area contributed by atoms with Crippen LogP contribution < -0.4 is 0 Å². The van der Waals surface area contributed by atoms with Crippen molar-refractivity contribution < 1.29 is 9.59 Å². The van der Waals surface area contributed by atoms with E-state index in [1.165, 1.54) is 44.1 Å². The molecule has 2 nitrogen and oxygen atoms in total. The van der Waals surface area contributed by atoms with Gasteiger partial charge < -0.3 is 0 Å². The third-order valence-corrected chi connectivity index (χ3v) is 9.74. The van der Waals surface area contributed by atoms with Crippen LogP contribution >= 0.6 is 0 Å². The summed E-state index contributed by atoms with van der Waals surface area (Å²) in [5, 5.41) is 0. The van der Waals surface area contributed by atoms with E-state index in [0.717, 1.165) is 24.2 Å². The van der Waals surface area contributed by atoms with Crippen molar-refractivity contribution in [2.75, 3.05) is 0 Å². The Morgan fingerprint density at radius 2 is 1.75 bits per heavy atom. The second kappa shape index (κ2) is 7.10. The fourth-order valence-corrected chi connectivity index (χ4v) is 7.99. The Hall–Kier alpha value is -0.920. The van der Waals surface area contributed by atoms with Crippen LogP contribution in [0.4, 0.5) is 0 Å². The fourth-order valence-electron chi connectivity index (χ4n) is 7.99. The average molecular weight is 385 g/mol. The van der Waals surface area contributed by atoms with Gasteiger partial charge in [-0.3, -0.25) is 9.59 Å². The molecule has 156 valence electrons. The van der Waals surface area contributed by atoms with Crippen molar-refractivity contribution in [1.82, 2.24) is 0 Å². The summed E-state index contributed by atoms with van der Waals surface area (Å²) in [4.78, 5) is 25.4. The van der Waals surface area contributed by atoms with Gasteiger partial charge in [0.25, 0.3) is 0 Å². The standard InChI is InChI=1S/C26H40O2/c1-16(2)6-7-17(3)20-8-9-21-24-22(11-13-26(20,21)5)25(4)12-10-19(27)14-18(25)15-23(24)28/h15-17,20-22,24H,6-14H2,1-5H3/t17?,20?,21?,22?,24?,25-,26+/m0/s1. The highest BCUT2D eigenvalue weighted by atomic mass is 16.1. The molecule has 5 unspecified atom stereocenters. The molecule has 0 aromatic rings. The molecule has 0 aliphatic heterocycles. The highest BCUT2D eigenvalue weighted by molar-refractivity contribution is 5.96. The van der Waals surface area contributed by atoms with E-state index >= 15 is 0 Å². The zero-order chi connectivity index (χ0) is 20.3. The molecule has 0 amide bonds. The summed E-state index contributed by atoms with van der Waals surface area (Å²) >= 11 is 0. The number of carbonyl (C=O) groups excluding carboxylic acids is 2. The Bertz CT molecular complexity index is 689. The van der Waals surface area contributed by atoms with Crippen molar-refractivity contribution in [2.24, 2.45) is 46.3 Å². The predicted molar refractivity (Wildman–Crippen MR) is 114 cm³/mol. The maximum atomic E-state index is 13.3. The first-order valence-electron chi connectivity index (χ1n) is 11.9. The van der Waals surface area contributed by atoms with Gasteiger partial charge in [-0.05, 0) is 78.6 Å². The van der Waals surface area contributed by atoms with Crippen LogP contribution in [-0.4, -0.2) is 11.6 Å². The summed E-state index contributed by atoms with van der Waals surface area (Å²) in [7, 11) is 0. The van der Waals surface area contributed by atoms with Crippen LogP contribution in [0.3, 0.4) is 0 Å². The highest BCUT2D eigenvalue weighted by Gasteiger charge is 2.61. The molecule has 0 N–H and O–H groups in total. The number of allylic oxidation sites excluding steroid dienone is 2. The van der Waals surface area contributed by atoms with Gasteiger partial charge in [0.2, 0.25) is 0 Å². The number of hydrogen-bond acceptors (Lipinski definition) is 2. The van der Waals surface area contributed by atoms with Crippen molar-refractivity contribution >= 4 is 11.6 Å². The van der Waals surface area contributed by atoms with Crippen LogP contribution in [0, 0.1) is 46.3 Å². The van der Waals surface area contributed by atoms with Crippen molar-refractivity contribution in [3.63, 3.8) is 0 Å². The lowest BCUT2D eigenvalue weighted by molar-refractivity contribution is -0.135. The summed E-state index contributed by atoms with van der Waals surface area (Å²) in [6.07, 6.45) is 11.8. The number of Topliss-reactive ketones (excluding diaryl/α,β-unsaturated/α-hetero) is 1. The largest absolute Gasteiger partial charge is 0.299 e. The molecule has 3 fully saturated rings. The van der Waals surface area contributed by atoms with E-state index < -0.39 is 0 Å². The second-order valence-electron chi connectivity index (χ2n) is 11.6. The SMILES string of the molecule is CC(C)CCC(C)C1CCC2C3C(=O)C=C4CC(=O)CC[C@]4(C)C3CC[C@]12C. The highest BCUT2D eigenvalue weighted by Crippen LogP contribution is 2.66. The molecule has 4 aliphatic rings. The minimum absolute atomic E-state index is 0.0924. The van der Waals surface area contributed by atoms with Crippen molar-refractivity contribution in [1.29, 1.82) is 0 Å². The van der Waals surface area contributed by atoms with Gasteiger partial charge >= 0.3 is 0 Å². The van der Waals surface area contributed by atoms with Crippen LogP contribution in [0.2, 0.25) is 0 Å². The molecule has 4 rings (SSSR count). The van der Waals surface area contributed by atoms with Crippen molar-refractivity contribution in [3.8, 4) is 0 Å². The van der Waals surface area contributed by atoms with E-state index in [2.05, 4.69) is 34.6 Å². The molecular formula is C26H40O2. The summed E-state index contributed by atoms with van der Waals surface area (Å²) in [6.45, 7) is 12.0. The van der Waals surface area contributed by atoms with Crippen LogP contribution in [0.25, 0.3) is 0 Å². The first-order valence-corrected chi connectivity index (χ1v) is 11.9. The molecule has 3 saturated carbocycles. The summed E-state index contributed by atoms with van der Waals surface area (Å²) in [5.74, 6) is 4.24. The molecular weight excluding hydrogens is 344 g/mol. The smallest absolute Gasteiger partial charge is 0.159 e. The molecule has 0 saturated heterocycles. The molecule has 0 bridgehead atoms. The number of ketones is 2. The quantitative estimate of drug-likeness (QED) is 0.563. The summed E-state index contributed by atoms with van der Waals surface area (Å²) < 4.78 is 0. The third-order valence-electron chi connectivity index (χ3n) is 9.74. The van der Waals surface area contributed by atoms with Crippen LogP contribution in [-0.2, 0) is 9.59 Å². The van der Waals surface area contributed by atoms with Crippen LogP contribution in [0.5, 0.6) is 0 Å². The lowest BCUT2D eigenvalue weighted by atomic mass is 9.46. The van der Waals surface area contributed by atoms with Gasteiger partial charge in [0.15, 0.2) is 5.78 Å². The Kier molecular flexibility index (Phi) is 5.16. The molecule has 28 heavy (non-hydrogen) atoms. The molecule has 0 radical (unpaired) electrons. The number of fused-ring (bicyclic) bond motifs is 5. The molecule has 0 aromatic heterocycles. The number of carbonyl (C=O) groups is 2. The van der Waals surface area contributed by atoms with Gasteiger partial charge in [-0.25, -0.2) is 0 Å². The fraction of sp³-hybridized carbons (Fsp3) is 0.846. The van der Waals surface area contributed by atoms with Crippen molar-refractivity contribution in [2.45, 2.75) is 92.4 Å². The van der Waals surface area contributed by atoms with Crippen LogP contribution in [0.15, 0.2) is 11.6 Å². The molecule has 7 atom stereocenters. The maximum absolute atomic E-state index is 13.3. The van der Waals surface area contributed by atoms with E-state index in [1.54, 1.807) is 0 Å². The lowest BCUT2D eigenvalue weighted by Gasteiger charge is -2.57. The average Bonchev–Trinajstić information content (AvgIpc) is 2.98. The summed E-state index contributed by atoms with van der Waals surface area (Å²) in [5.41, 5.74) is 1.59.